The first-order valence-electron chi connectivity index (χ1n) is 7.92. The van der Waals surface area contributed by atoms with Crippen LogP contribution in [0.3, 0.4) is 0 Å². The Morgan fingerprint density at radius 1 is 1.25 bits per heavy atom. The minimum Gasteiger partial charge on any atom is -0.497 e. The van der Waals surface area contributed by atoms with E-state index in [0.717, 1.165) is 11.3 Å². The fourth-order valence-electron chi connectivity index (χ4n) is 2.37. The average Bonchev–Trinajstić information content (AvgIpc) is 3.17. The second kappa shape index (κ2) is 8.68. The SMILES string of the molecule is COc1ccc(-c2csc(N/N=C\c3ccc(Cl)c([N+](=O)[O-])c3)n2)c(OC)c1. The van der Waals surface area contributed by atoms with E-state index in [2.05, 4.69) is 15.5 Å². The molecule has 3 aromatic rings. The highest BCUT2D eigenvalue weighted by Gasteiger charge is 2.13. The molecule has 144 valence electrons. The number of hydrazone groups is 1. The van der Waals surface area contributed by atoms with Crippen molar-refractivity contribution in [3.63, 3.8) is 0 Å². The van der Waals surface area contributed by atoms with Gasteiger partial charge in [0.25, 0.3) is 5.69 Å². The zero-order valence-corrected chi connectivity index (χ0v) is 16.5. The quantitative estimate of drug-likeness (QED) is 0.335. The Morgan fingerprint density at radius 3 is 2.79 bits per heavy atom. The van der Waals surface area contributed by atoms with Gasteiger partial charge in [0.2, 0.25) is 5.13 Å². The number of nitro groups is 1. The van der Waals surface area contributed by atoms with Crippen LogP contribution in [0.5, 0.6) is 11.5 Å². The number of anilines is 1. The minimum absolute atomic E-state index is 0.0770. The van der Waals surface area contributed by atoms with E-state index in [4.69, 9.17) is 21.1 Å². The number of nitrogens with zero attached hydrogens (tertiary/aromatic N) is 3. The summed E-state index contributed by atoms with van der Waals surface area (Å²) in [6, 6.07) is 9.92. The predicted octanol–water partition coefficient (Wildman–Crippen LogP) is 4.83. The molecule has 0 unspecified atom stereocenters. The highest BCUT2D eigenvalue weighted by Crippen LogP contribution is 2.34. The Balaban J connectivity index is 1.74. The third-order valence-electron chi connectivity index (χ3n) is 3.73. The highest BCUT2D eigenvalue weighted by molar-refractivity contribution is 7.14. The van der Waals surface area contributed by atoms with Crippen molar-refractivity contribution in [2.75, 3.05) is 19.6 Å². The van der Waals surface area contributed by atoms with Crippen LogP contribution in [-0.2, 0) is 0 Å². The minimum atomic E-state index is -0.539. The van der Waals surface area contributed by atoms with Crippen molar-refractivity contribution in [1.29, 1.82) is 0 Å². The number of hydrogen-bond acceptors (Lipinski definition) is 8. The second-order valence-electron chi connectivity index (χ2n) is 5.44. The van der Waals surface area contributed by atoms with Gasteiger partial charge in [0.1, 0.15) is 16.5 Å². The summed E-state index contributed by atoms with van der Waals surface area (Å²) in [5.41, 5.74) is 4.73. The summed E-state index contributed by atoms with van der Waals surface area (Å²) >= 11 is 7.16. The maximum atomic E-state index is 10.9. The van der Waals surface area contributed by atoms with Crippen LogP contribution in [0, 0.1) is 10.1 Å². The number of ether oxygens (including phenoxy) is 2. The summed E-state index contributed by atoms with van der Waals surface area (Å²) in [4.78, 5) is 14.9. The molecule has 0 aliphatic rings. The average molecular weight is 419 g/mol. The molecular formula is C18H15ClN4O4S. The monoisotopic (exact) mass is 418 g/mol. The van der Waals surface area contributed by atoms with Crippen molar-refractivity contribution in [1.82, 2.24) is 4.98 Å². The van der Waals surface area contributed by atoms with Crippen LogP contribution in [0.15, 0.2) is 46.9 Å². The molecule has 0 aliphatic heterocycles. The van der Waals surface area contributed by atoms with Crippen LogP contribution in [0.4, 0.5) is 10.8 Å². The third-order valence-corrected chi connectivity index (χ3v) is 4.80. The Kier molecular flexibility index (Phi) is 6.07. The number of hydrogen-bond donors (Lipinski definition) is 1. The van der Waals surface area contributed by atoms with Gasteiger partial charge >= 0.3 is 0 Å². The molecule has 0 spiro atoms. The summed E-state index contributed by atoms with van der Waals surface area (Å²) in [7, 11) is 3.17. The van der Waals surface area contributed by atoms with E-state index in [1.54, 1.807) is 26.4 Å². The zero-order valence-electron chi connectivity index (χ0n) is 14.9. The zero-order chi connectivity index (χ0) is 20.1. The lowest BCUT2D eigenvalue weighted by Crippen LogP contribution is -1.94. The smallest absolute Gasteiger partial charge is 0.288 e. The summed E-state index contributed by atoms with van der Waals surface area (Å²) < 4.78 is 10.6. The molecule has 28 heavy (non-hydrogen) atoms. The van der Waals surface area contributed by atoms with E-state index in [1.807, 2.05) is 17.5 Å². The van der Waals surface area contributed by atoms with Crippen LogP contribution in [0.2, 0.25) is 5.02 Å². The fraction of sp³-hybridized carbons (Fsp3) is 0.111. The largest absolute Gasteiger partial charge is 0.497 e. The molecule has 1 heterocycles. The second-order valence-corrected chi connectivity index (χ2v) is 6.71. The lowest BCUT2D eigenvalue weighted by molar-refractivity contribution is -0.384. The maximum absolute atomic E-state index is 10.9. The summed E-state index contributed by atoms with van der Waals surface area (Å²) in [6.07, 6.45) is 1.46. The number of nitrogens with one attached hydrogen (secondary N) is 1. The number of methoxy groups -OCH3 is 2. The van der Waals surface area contributed by atoms with E-state index in [0.29, 0.717) is 22.2 Å². The standard InChI is InChI=1S/C18H15ClN4O4S/c1-26-12-4-5-13(17(8-12)27-2)15-10-28-18(21-15)22-20-9-11-3-6-14(19)16(7-11)23(24)25/h3-10H,1-2H3,(H,21,22)/b20-9-. The van der Waals surface area contributed by atoms with E-state index in [-0.39, 0.29) is 10.7 Å². The molecule has 0 fully saturated rings. The van der Waals surface area contributed by atoms with Crippen LogP contribution in [0.1, 0.15) is 5.56 Å². The molecule has 1 N–H and O–H groups in total. The van der Waals surface area contributed by atoms with Gasteiger partial charge in [-0.15, -0.1) is 11.3 Å². The van der Waals surface area contributed by atoms with Gasteiger partial charge in [-0.2, -0.15) is 5.10 Å². The molecule has 0 saturated heterocycles. The molecule has 0 saturated carbocycles. The molecular weight excluding hydrogens is 404 g/mol. The van der Waals surface area contributed by atoms with Gasteiger partial charge in [0, 0.05) is 28.6 Å². The number of aromatic nitrogens is 1. The molecule has 10 heteroatoms. The number of halogens is 1. The summed E-state index contributed by atoms with van der Waals surface area (Å²) in [6.45, 7) is 0. The van der Waals surface area contributed by atoms with Gasteiger partial charge in [0.05, 0.1) is 31.1 Å². The first-order chi connectivity index (χ1) is 13.5. The van der Waals surface area contributed by atoms with Crippen molar-refractivity contribution in [2.24, 2.45) is 5.10 Å². The van der Waals surface area contributed by atoms with Crippen LogP contribution < -0.4 is 14.9 Å². The predicted molar refractivity (Wildman–Crippen MR) is 110 cm³/mol. The Hall–Kier alpha value is -3.17. The Labute approximate surface area is 169 Å². The van der Waals surface area contributed by atoms with Crippen molar-refractivity contribution in [3.05, 3.63) is 62.5 Å². The Morgan fingerprint density at radius 2 is 2.07 bits per heavy atom. The highest BCUT2D eigenvalue weighted by atomic mass is 35.5. The van der Waals surface area contributed by atoms with Gasteiger partial charge in [0.15, 0.2) is 0 Å². The molecule has 0 bridgehead atoms. The van der Waals surface area contributed by atoms with Crippen molar-refractivity contribution in [2.45, 2.75) is 0 Å². The van der Waals surface area contributed by atoms with Crippen molar-refractivity contribution >= 4 is 40.0 Å². The number of nitro benzene ring substituents is 1. The lowest BCUT2D eigenvalue weighted by atomic mass is 10.1. The Bertz CT molecular complexity index is 1040. The van der Waals surface area contributed by atoms with Crippen LogP contribution in [-0.4, -0.2) is 30.3 Å². The van der Waals surface area contributed by atoms with E-state index >= 15 is 0 Å². The van der Waals surface area contributed by atoms with Crippen molar-refractivity contribution in [3.8, 4) is 22.8 Å². The molecule has 8 nitrogen and oxygen atoms in total. The van der Waals surface area contributed by atoms with E-state index in [9.17, 15) is 10.1 Å². The molecule has 3 rings (SSSR count). The molecule has 0 amide bonds. The van der Waals surface area contributed by atoms with Crippen LogP contribution >= 0.6 is 22.9 Å². The van der Waals surface area contributed by atoms with Gasteiger partial charge in [-0.05, 0) is 18.2 Å². The fourth-order valence-corrected chi connectivity index (χ4v) is 3.22. The van der Waals surface area contributed by atoms with E-state index in [1.165, 1.54) is 29.7 Å². The van der Waals surface area contributed by atoms with Gasteiger partial charge in [-0.3, -0.25) is 15.5 Å². The molecule has 2 aromatic carbocycles. The summed E-state index contributed by atoms with van der Waals surface area (Å²) in [5.74, 6) is 1.34. The van der Waals surface area contributed by atoms with Gasteiger partial charge < -0.3 is 9.47 Å². The normalized spacial score (nSPS) is 10.8. The van der Waals surface area contributed by atoms with Crippen molar-refractivity contribution < 1.29 is 14.4 Å². The van der Waals surface area contributed by atoms with Crippen LogP contribution in [0.25, 0.3) is 11.3 Å². The maximum Gasteiger partial charge on any atom is 0.288 e. The van der Waals surface area contributed by atoms with Gasteiger partial charge in [-0.1, -0.05) is 17.7 Å². The number of benzene rings is 2. The topological polar surface area (TPSA) is 98.9 Å². The van der Waals surface area contributed by atoms with Gasteiger partial charge in [-0.25, -0.2) is 4.98 Å². The number of rotatable bonds is 7. The van der Waals surface area contributed by atoms with E-state index < -0.39 is 4.92 Å². The first-order valence-corrected chi connectivity index (χ1v) is 9.18. The number of thiazole rings is 1. The lowest BCUT2D eigenvalue weighted by Gasteiger charge is -2.08. The first kappa shape index (κ1) is 19.6. The third kappa shape index (κ3) is 4.38. The molecule has 1 aromatic heterocycles. The molecule has 0 aliphatic carbocycles. The molecule has 0 atom stereocenters. The summed E-state index contributed by atoms with van der Waals surface area (Å²) in [5, 5.41) is 17.5. The molecule has 0 radical (unpaired) electrons.